The summed E-state index contributed by atoms with van der Waals surface area (Å²) in [5, 5.41) is 6.98. The van der Waals surface area contributed by atoms with E-state index >= 15 is 0 Å². The highest BCUT2D eigenvalue weighted by molar-refractivity contribution is 5.80. The molecule has 7 heteroatoms. The van der Waals surface area contributed by atoms with Gasteiger partial charge in [0.15, 0.2) is 5.96 Å². The highest BCUT2D eigenvalue weighted by atomic mass is 16.5. The van der Waals surface area contributed by atoms with Crippen LogP contribution in [0, 0.1) is 0 Å². The molecule has 0 unspecified atom stereocenters. The van der Waals surface area contributed by atoms with Crippen molar-refractivity contribution in [2.45, 2.75) is 38.9 Å². The fourth-order valence-electron chi connectivity index (χ4n) is 3.98. The van der Waals surface area contributed by atoms with Gasteiger partial charge < -0.3 is 24.8 Å². The van der Waals surface area contributed by atoms with Crippen molar-refractivity contribution in [1.29, 1.82) is 0 Å². The number of piperidine rings is 1. The van der Waals surface area contributed by atoms with Crippen molar-refractivity contribution in [1.82, 2.24) is 15.5 Å². The first-order valence-electron chi connectivity index (χ1n) is 11.3. The Kier molecular flexibility index (Phi) is 9.04. The molecule has 0 spiro atoms. The van der Waals surface area contributed by atoms with Gasteiger partial charge in [-0.1, -0.05) is 30.3 Å². The maximum absolute atomic E-state index is 5.56. The molecule has 2 aromatic rings. The van der Waals surface area contributed by atoms with Gasteiger partial charge in [-0.25, -0.2) is 4.99 Å². The van der Waals surface area contributed by atoms with Gasteiger partial charge in [-0.15, -0.1) is 0 Å². The largest absolute Gasteiger partial charge is 0.496 e. The van der Waals surface area contributed by atoms with E-state index in [9.17, 15) is 0 Å². The fraction of sp³-hybridized carbons (Fsp3) is 0.480. The minimum Gasteiger partial charge on any atom is -0.496 e. The molecule has 7 nitrogen and oxygen atoms in total. The van der Waals surface area contributed by atoms with Crippen LogP contribution < -0.4 is 24.8 Å². The zero-order valence-electron chi connectivity index (χ0n) is 19.7. The molecule has 0 radical (unpaired) electrons. The maximum Gasteiger partial charge on any atom is 0.191 e. The molecular formula is C25H36N4O3. The number of nitrogens with zero attached hydrogens (tertiary/aromatic N) is 2. The van der Waals surface area contributed by atoms with Crippen LogP contribution in [0.4, 0.5) is 0 Å². The number of benzene rings is 2. The lowest BCUT2D eigenvalue weighted by Crippen LogP contribution is -2.48. The van der Waals surface area contributed by atoms with Crippen LogP contribution in [0.1, 0.15) is 30.9 Å². The van der Waals surface area contributed by atoms with Crippen molar-refractivity contribution in [2.75, 3.05) is 41.0 Å². The third kappa shape index (κ3) is 6.53. The molecule has 3 rings (SSSR count). The summed E-state index contributed by atoms with van der Waals surface area (Å²) in [6, 6.07) is 14.8. The van der Waals surface area contributed by atoms with E-state index in [-0.39, 0.29) is 0 Å². The molecule has 0 aliphatic carbocycles. The second kappa shape index (κ2) is 12.2. The van der Waals surface area contributed by atoms with Crippen LogP contribution in [0.3, 0.4) is 0 Å². The van der Waals surface area contributed by atoms with E-state index in [2.05, 4.69) is 52.8 Å². The van der Waals surface area contributed by atoms with E-state index in [1.807, 2.05) is 12.1 Å². The summed E-state index contributed by atoms with van der Waals surface area (Å²) in [4.78, 5) is 7.34. The van der Waals surface area contributed by atoms with Crippen molar-refractivity contribution in [3.05, 3.63) is 53.6 Å². The topological polar surface area (TPSA) is 67.4 Å². The lowest BCUT2D eigenvalue weighted by molar-refractivity contribution is 0.198. The lowest BCUT2D eigenvalue weighted by Gasteiger charge is -2.33. The zero-order valence-corrected chi connectivity index (χ0v) is 19.7. The predicted octanol–water partition coefficient (Wildman–Crippen LogP) is 3.43. The SMILES string of the molecule is CCNC(=NCc1c(OC)cc(OC)cc1OC)NC1CCN(Cc2ccccc2)CC1. The highest BCUT2D eigenvalue weighted by Gasteiger charge is 2.20. The molecule has 1 aliphatic heterocycles. The standard InChI is InChI=1S/C25H36N4O3/c1-5-26-25(27-17-22-23(31-3)15-21(30-2)16-24(22)32-4)28-20-11-13-29(14-12-20)18-19-9-7-6-8-10-19/h6-10,15-16,20H,5,11-14,17-18H2,1-4H3,(H2,26,27,28). The van der Waals surface area contributed by atoms with E-state index < -0.39 is 0 Å². The summed E-state index contributed by atoms with van der Waals surface area (Å²) in [6.45, 7) is 6.49. The Balaban J connectivity index is 1.61. The van der Waals surface area contributed by atoms with Crippen LogP contribution in [0.5, 0.6) is 17.2 Å². The highest BCUT2D eigenvalue weighted by Crippen LogP contribution is 2.34. The molecule has 0 bridgehead atoms. The number of nitrogens with one attached hydrogen (secondary N) is 2. The summed E-state index contributed by atoms with van der Waals surface area (Å²) in [5.74, 6) is 2.91. The summed E-state index contributed by atoms with van der Waals surface area (Å²) in [7, 11) is 4.92. The van der Waals surface area contributed by atoms with Gasteiger partial charge in [-0.2, -0.15) is 0 Å². The number of aliphatic imine (C=N–C) groups is 1. The van der Waals surface area contributed by atoms with Crippen LogP contribution in [-0.4, -0.2) is 57.9 Å². The molecule has 0 aromatic heterocycles. The smallest absolute Gasteiger partial charge is 0.191 e. The summed E-state index contributed by atoms with van der Waals surface area (Å²) in [5.41, 5.74) is 2.27. The van der Waals surface area contributed by atoms with Gasteiger partial charge in [0.05, 0.1) is 33.4 Å². The van der Waals surface area contributed by atoms with Crippen LogP contribution in [0.25, 0.3) is 0 Å². The molecule has 32 heavy (non-hydrogen) atoms. The molecule has 2 aromatic carbocycles. The number of rotatable bonds is 9. The van der Waals surface area contributed by atoms with E-state index in [4.69, 9.17) is 19.2 Å². The summed E-state index contributed by atoms with van der Waals surface area (Å²) >= 11 is 0. The van der Waals surface area contributed by atoms with Gasteiger partial charge in [-0.05, 0) is 25.3 Å². The summed E-state index contributed by atoms with van der Waals surface area (Å²) in [6.07, 6.45) is 2.18. The average Bonchev–Trinajstić information content (AvgIpc) is 2.84. The van der Waals surface area contributed by atoms with Crippen LogP contribution in [0.15, 0.2) is 47.5 Å². The van der Waals surface area contributed by atoms with Gasteiger partial charge in [0.2, 0.25) is 0 Å². The predicted molar refractivity (Wildman–Crippen MR) is 129 cm³/mol. The van der Waals surface area contributed by atoms with Crippen LogP contribution in [-0.2, 0) is 13.1 Å². The molecule has 1 fully saturated rings. The van der Waals surface area contributed by atoms with Gasteiger partial charge in [0.25, 0.3) is 0 Å². The fourth-order valence-corrected chi connectivity index (χ4v) is 3.98. The normalized spacial score (nSPS) is 15.3. The number of methoxy groups -OCH3 is 3. The first-order chi connectivity index (χ1) is 15.7. The Hall–Kier alpha value is -2.93. The minimum absolute atomic E-state index is 0.402. The third-order valence-corrected chi connectivity index (χ3v) is 5.73. The maximum atomic E-state index is 5.56. The average molecular weight is 441 g/mol. The molecule has 2 N–H and O–H groups in total. The minimum atomic E-state index is 0.402. The van der Waals surface area contributed by atoms with E-state index in [1.165, 1.54) is 5.56 Å². The monoisotopic (exact) mass is 440 g/mol. The van der Waals surface area contributed by atoms with Gasteiger partial charge >= 0.3 is 0 Å². The second-order valence-electron chi connectivity index (χ2n) is 7.89. The Morgan fingerprint density at radius 3 is 2.22 bits per heavy atom. The zero-order chi connectivity index (χ0) is 22.8. The first-order valence-corrected chi connectivity index (χ1v) is 11.3. The number of hydrogen-bond acceptors (Lipinski definition) is 5. The Morgan fingerprint density at radius 1 is 1.00 bits per heavy atom. The van der Waals surface area contributed by atoms with E-state index in [1.54, 1.807) is 21.3 Å². The first kappa shape index (κ1) is 23.7. The number of likely N-dealkylation sites (tertiary alicyclic amines) is 1. The van der Waals surface area contributed by atoms with Gasteiger partial charge in [0, 0.05) is 44.4 Å². The van der Waals surface area contributed by atoms with Crippen molar-refractivity contribution in [3.8, 4) is 17.2 Å². The number of guanidine groups is 1. The van der Waals surface area contributed by atoms with Crippen LogP contribution >= 0.6 is 0 Å². The molecule has 174 valence electrons. The second-order valence-corrected chi connectivity index (χ2v) is 7.89. The lowest BCUT2D eigenvalue weighted by atomic mass is 10.0. The quantitative estimate of drug-likeness (QED) is 0.460. The van der Waals surface area contributed by atoms with Crippen molar-refractivity contribution < 1.29 is 14.2 Å². The van der Waals surface area contributed by atoms with Crippen molar-refractivity contribution in [2.24, 2.45) is 4.99 Å². The molecule has 0 atom stereocenters. The Morgan fingerprint density at radius 2 is 1.66 bits per heavy atom. The molecular weight excluding hydrogens is 404 g/mol. The van der Waals surface area contributed by atoms with E-state index in [0.29, 0.717) is 29.8 Å². The summed E-state index contributed by atoms with van der Waals surface area (Å²) < 4.78 is 16.5. The Labute approximate surface area is 191 Å². The number of hydrogen-bond donors (Lipinski definition) is 2. The molecule has 0 saturated carbocycles. The van der Waals surface area contributed by atoms with Gasteiger partial charge in [0.1, 0.15) is 17.2 Å². The third-order valence-electron chi connectivity index (χ3n) is 5.73. The van der Waals surface area contributed by atoms with Gasteiger partial charge in [-0.3, -0.25) is 4.90 Å². The molecule has 1 heterocycles. The Bertz CT molecular complexity index is 840. The number of ether oxygens (including phenoxy) is 3. The van der Waals surface area contributed by atoms with Crippen LogP contribution in [0.2, 0.25) is 0 Å². The van der Waals surface area contributed by atoms with Crippen molar-refractivity contribution >= 4 is 5.96 Å². The van der Waals surface area contributed by atoms with E-state index in [0.717, 1.165) is 50.5 Å². The molecule has 1 saturated heterocycles. The molecule has 0 amide bonds. The molecule has 1 aliphatic rings. The van der Waals surface area contributed by atoms with Crippen molar-refractivity contribution in [3.63, 3.8) is 0 Å².